The molecule has 1 amide bonds. The van der Waals surface area contributed by atoms with E-state index in [1.807, 2.05) is 11.3 Å². The number of hydrogen-bond acceptors (Lipinski definition) is 2. The quantitative estimate of drug-likeness (QED) is 0.888. The fourth-order valence-corrected chi connectivity index (χ4v) is 4.26. The van der Waals surface area contributed by atoms with Crippen LogP contribution >= 0.6 is 11.3 Å². The van der Waals surface area contributed by atoms with Gasteiger partial charge in [-0.3, -0.25) is 4.79 Å². The molecule has 2 saturated carbocycles. The van der Waals surface area contributed by atoms with Crippen molar-refractivity contribution < 1.29 is 4.79 Å². The Morgan fingerprint density at radius 3 is 2.72 bits per heavy atom. The highest BCUT2D eigenvalue weighted by Crippen LogP contribution is 2.54. The number of carbonyl (C=O) groups is 1. The molecule has 3 rings (SSSR count). The predicted molar refractivity (Wildman–Crippen MR) is 74.7 cm³/mol. The molecule has 0 radical (unpaired) electrons. The van der Waals surface area contributed by atoms with Gasteiger partial charge in [0.15, 0.2) is 0 Å². The largest absolute Gasteiger partial charge is 0.353 e. The molecule has 2 nitrogen and oxygen atoms in total. The summed E-state index contributed by atoms with van der Waals surface area (Å²) in [7, 11) is 0. The summed E-state index contributed by atoms with van der Waals surface area (Å²) in [4.78, 5) is 14.8. The van der Waals surface area contributed by atoms with Gasteiger partial charge in [-0.1, -0.05) is 0 Å². The average Bonchev–Trinajstić information content (AvgIpc) is 2.71. The third-order valence-electron chi connectivity index (χ3n) is 4.31. The Hall–Kier alpha value is -0.830. The summed E-state index contributed by atoms with van der Waals surface area (Å²) in [6.45, 7) is 4.24. The van der Waals surface area contributed by atoms with Crippen LogP contribution in [0.3, 0.4) is 0 Å². The molecule has 1 aromatic heterocycles. The van der Waals surface area contributed by atoms with Crippen molar-refractivity contribution in [1.29, 1.82) is 0 Å². The van der Waals surface area contributed by atoms with Crippen molar-refractivity contribution in [2.75, 3.05) is 0 Å². The number of nitrogens with one attached hydrogen (secondary N) is 1. The van der Waals surface area contributed by atoms with E-state index in [0.717, 1.165) is 31.1 Å². The fraction of sp³-hybridized carbons (Fsp3) is 0.667. The van der Waals surface area contributed by atoms with Crippen LogP contribution in [-0.4, -0.2) is 11.9 Å². The Kier molecular flexibility index (Phi) is 3.18. The Morgan fingerprint density at radius 1 is 1.39 bits per heavy atom. The van der Waals surface area contributed by atoms with Gasteiger partial charge in [0.1, 0.15) is 0 Å². The van der Waals surface area contributed by atoms with Crippen LogP contribution in [0.4, 0.5) is 0 Å². The minimum atomic E-state index is 0.257. The van der Waals surface area contributed by atoms with Gasteiger partial charge in [0.25, 0.3) is 0 Å². The van der Waals surface area contributed by atoms with Crippen molar-refractivity contribution in [2.24, 2.45) is 17.8 Å². The van der Waals surface area contributed by atoms with E-state index in [1.165, 1.54) is 16.2 Å². The van der Waals surface area contributed by atoms with Crippen molar-refractivity contribution in [3.05, 3.63) is 21.9 Å². The molecule has 18 heavy (non-hydrogen) atoms. The maximum atomic E-state index is 12.1. The highest BCUT2D eigenvalue weighted by Gasteiger charge is 2.48. The van der Waals surface area contributed by atoms with E-state index in [1.54, 1.807) is 0 Å². The standard InChI is InChI=1S/C15H21NOS/c1-9(5-14-4-3-10(2)18-14)16-15(17)13-7-11-6-12(11)8-13/h3-4,9,11-13H,5-8H2,1-2H3,(H,16,17). The summed E-state index contributed by atoms with van der Waals surface area (Å²) in [5, 5.41) is 3.19. The third-order valence-corrected chi connectivity index (χ3v) is 5.33. The number of hydrogen-bond donors (Lipinski definition) is 1. The molecule has 1 heterocycles. The average molecular weight is 263 g/mol. The van der Waals surface area contributed by atoms with E-state index in [-0.39, 0.29) is 6.04 Å². The third kappa shape index (κ3) is 2.61. The van der Waals surface area contributed by atoms with E-state index < -0.39 is 0 Å². The molecule has 2 aliphatic rings. The number of aryl methyl sites for hydroxylation is 1. The van der Waals surface area contributed by atoms with Gasteiger partial charge in [-0.25, -0.2) is 0 Å². The van der Waals surface area contributed by atoms with Gasteiger partial charge in [0.2, 0.25) is 5.91 Å². The minimum absolute atomic E-state index is 0.257. The minimum Gasteiger partial charge on any atom is -0.353 e. The molecular formula is C15H21NOS. The van der Waals surface area contributed by atoms with Gasteiger partial charge in [-0.05, 0) is 57.1 Å². The van der Waals surface area contributed by atoms with Crippen molar-refractivity contribution in [3.8, 4) is 0 Å². The monoisotopic (exact) mass is 263 g/mol. The molecule has 3 unspecified atom stereocenters. The first kappa shape index (κ1) is 12.2. The van der Waals surface area contributed by atoms with Crippen molar-refractivity contribution in [3.63, 3.8) is 0 Å². The zero-order chi connectivity index (χ0) is 12.7. The molecule has 1 aromatic rings. The number of fused-ring (bicyclic) bond motifs is 1. The van der Waals surface area contributed by atoms with E-state index in [4.69, 9.17) is 0 Å². The molecule has 0 bridgehead atoms. The highest BCUT2D eigenvalue weighted by atomic mass is 32.1. The summed E-state index contributed by atoms with van der Waals surface area (Å²) in [6, 6.07) is 4.58. The predicted octanol–water partition coefficient (Wildman–Crippen LogP) is 3.15. The van der Waals surface area contributed by atoms with Crippen LogP contribution in [0.1, 0.15) is 35.9 Å². The molecule has 0 saturated heterocycles. The summed E-state index contributed by atoms with van der Waals surface area (Å²) in [5.74, 6) is 2.37. The lowest BCUT2D eigenvalue weighted by molar-refractivity contribution is -0.125. The van der Waals surface area contributed by atoms with Crippen molar-refractivity contribution in [1.82, 2.24) is 5.32 Å². The Labute approximate surface area is 113 Å². The topological polar surface area (TPSA) is 29.1 Å². The maximum absolute atomic E-state index is 12.1. The smallest absolute Gasteiger partial charge is 0.223 e. The molecule has 0 spiro atoms. The van der Waals surface area contributed by atoms with E-state index in [0.29, 0.717) is 11.8 Å². The van der Waals surface area contributed by atoms with Crippen LogP contribution in [-0.2, 0) is 11.2 Å². The summed E-state index contributed by atoms with van der Waals surface area (Å²) < 4.78 is 0. The lowest BCUT2D eigenvalue weighted by Gasteiger charge is -2.17. The van der Waals surface area contributed by atoms with Crippen LogP contribution in [0.5, 0.6) is 0 Å². The van der Waals surface area contributed by atoms with Gasteiger partial charge in [0.05, 0.1) is 0 Å². The number of thiophene rings is 1. The molecule has 2 aliphatic carbocycles. The van der Waals surface area contributed by atoms with Crippen molar-refractivity contribution in [2.45, 2.75) is 45.6 Å². The van der Waals surface area contributed by atoms with E-state index in [2.05, 4.69) is 31.3 Å². The first-order chi connectivity index (χ1) is 8.61. The first-order valence-corrected chi connectivity index (χ1v) is 7.79. The van der Waals surface area contributed by atoms with Gasteiger partial charge < -0.3 is 5.32 Å². The van der Waals surface area contributed by atoms with E-state index in [9.17, 15) is 4.79 Å². The molecule has 3 atom stereocenters. The van der Waals surface area contributed by atoms with Crippen LogP contribution in [0.25, 0.3) is 0 Å². The zero-order valence-corrected chi connectivity index (χ0v) is 11.9. The molecule has 1 N–H and O–H groups in total. The van der Waals surface area contributed by atoms with Gasteiger partial charge in [-0.15, -0.1) is 11.3 Å². The van der Waals surface area contributed by atoms with E-state index >= 15 is 0 Å². The summed E-state index contributed by atoms with van der Waals surface area (Å²) in [6.07, 6.45) is 4.63. The van der Waals surface area contributed by atoms with Gasteiger partial charge >= 0.3 is 0 Å². The molecule has 0 aromatic carbocycles. The Morgan fingerprint density at radius 2 is 2.11 bits per heavy atom. The zero-order valence-electron chi connectivity index (χ0n) is 11.1. The van der Waals surface area contributed by atoms with Gasteiger partial charge in [-0.2, -0.15) is 0 Å². The van der Waals surface area contributed by atoms with Crippen LogP contribution < -0.4 is 5.32 Å². The number of carbonyl (C=O) groups excluding carboxylic acids is 1. The fourth-order valence-electron chi connectivity index (χ4n) is 3.24. The SMILES string of the molecule is Cc1ccc(CC(C)NC(=O)C2CC3CC3C2)s1. The number of amides is 1. The maximum Gasteiger partial charge on any atom is 0.223 e. The molecule has 0 aliphatic heterocycles. The van der Waals surface area contributed by atoms with Crippen molar-refractivity contribution >= 4 is 17.2 Å². The van der Waals surface area contributed by atoms with Gasteiger partial charge in [0, 0.05) is 28.1 Å². The highest BCUT2D eigenvalue weighted by molar-refractivity contribution is 7.11. The molecule has 3 heteroatoms. The summed E-state index contributed by atoms with van der Waals surface area (Å²) in [5.41, 5.74) is 0. The second-order valence-corrected chi connectivity index (χ2v) is 7.42. The van der Waals surface area contributed by atoms with Crippen LogP contribution in [0, 0.1) is 24.7 Å². The second-order valence-electron chi connectivity index (χ2n) is 6.05. The van der Waals surface area contributed by atoms with Crippen LogP contribution in [0.2, 0.25) is 0 Å². The van der Waals surface area contributed by atoms with Crippen LogP contribution in [0.15, 0.2) is 12.1 Å². The molecular weight excluding hydrogens is 242 g/mol. The number of rotatable bonds is 4. The lowest BCUT2D eigenvalue weighted by Crippen LogP contribution is -2.37. The molecule has 2 fully saturated rings. The second kappa shape index (κ2) is 4.69. The summed E-state index contributed by atoms with van der Waals surface area (Å²) >= 11 is 1.83. The Balaban J connectivity index is 1.48. The Bertz CT molecular complexity index is 443. The lowest BCUT2D eigenvalue weighted by atomic mass is 10.0. The molecule has 98 valence electrons. The first-order valence-electron chi connectivity index (χ1n) is 6.97. The normalized spacial score (nSPS) is 30.9.